The molecule has 0 N–H and O–H groups in total. The van der Waals surface area contributed by atoms with Crippen LogP contribution in [0.25, 0.3) is 0 Å². The molecular weight excluding hydrogens is 216 g/mol. The molecule has 0 heteroatoms. The maximum absolute atomic E-state index is 2.18. The Morgan fingerprint density at radius 3 is 1.06 bits per heavy atom. The molecule has 0 atom stereocenters. The summed E-state index contributed by atoms with van der Waals surface area (Å²) in [5.74, 6) is 0. The first kappa shape index (κ1) is 14.5. The van der Waals surface area contributed by atoms with Gasteiger partial charge in [-0.05, 0) is 37.8 Å². The summed E-state index contributed by atoms with van der Waals surface area (Å²) in [6, 6.07) is 17.3. The first-order valence-corrected chi connectivity index (χ1v) is 6.76. The number of hydrogen-bond donors (Lipinski definition) is 0. The monoisotopic (exact) mass is 240 g/mol. The molecule has 0 saturated carbocycles. The van der Waals surface area contributed by atoms with Crippen molar-refractivity contribution in [2.45, 2.75) is 40.5 Å². The fourth-order valence-electron chi connectivity index (χ4n) is 1.65. The van der Waals surface area contributed by atoms with Gasteiger partial charge in [0.2, 0.25) is 0 Å². The van der Waals surface area contributed by atoms with E-state index in [0.29, 0.717) is 0 Å². The molecule has 0 heterocycles. The topological polar surface area (TPSA) is 0 Å². The van der Waals surface area contributed by atoms with Crippen molar-refractivity contribution >= 4 is 0 Å². The van der Waals surface area contributed by atoms with E-state index in [0.717, 1.165) is 12.8 Å². The van der Waals surface area contributed by atoms with Gasteiger partial charge in [0.1, 0.15) is 0 Å². The Labute approximate surface area is 112 Å². The van der Waals surface area contributed by atoms with E-state index >= 15 is 0 Å². The Morgan fingerprint density at radius 1 is 0.556 bits per heavy atom. The van der Waals surface area contributed by atoms with Crippen molar-refractivity contribution in [2.75, 3.05) is 0 Å². The summed E-state index contributed by atoms with van der Waals surface area (Å²) in [4.78, 5) is 0. The maximum atomic E-state index is 2.18. The molecule has 0 bridgehead atoms. The summed E-state index contributed by atoms with van der Waals surface area (Å²) in [7, 11) is 0. The summed E-state index contributed by atoms with van der Waals surface area (Å²) < 4.78 is 0. The van der Waals surface area contributed by atoms with Gasteiger partial charge in [0.25, 0.3) is 0 Å². The van der Waals surface area contributed by atoms with Gasteiger partial charge in [-0.25, -0.2) is 0 Å². The molecule has 0 spiro atoms. The standard InChI is InChI=1S/2C9H12/c2*1-3-9-6-4-8(2)5-7-9/h2*4-7H,3H2,1-2H3. The zero-order valence-corrected chi connectivity index (χ0v) is 12.0. The molecular formula is C18H24. The van der Waals surface area contributed by atoms with Crippen molar-refractivity contribution in [1.29, 1.82) is 0 Å². The van der Waals surface area contributed by atoms with Crippen molar-refractivity contribution < 1.29 is 0 Å². The predicted octanol–water partition coefficient (Wildman–Crippen LogP) is 5.11. The average Bonchev–Trinajstić information content (AvgIpc) is 2.41. The van der Waals surface area contributed by atoms with E-state index in [4.69, 9.17) is 0 Å². The molecule has 0 fully saturated rings. The van der Waals surface area contributed by atoms with E-state index < -0.39 is 0 Å². The third-order valence-corrected chi connectivity index (χ3v) is 3.06. The Balaban J connectivity index is 0.000000180. The van der Waals surface area contributed by atoms with Crippen LogP contribution < -0.4 is 0 Å². The van der Waals surface area contributed by atoms with Gasteiger partial charge >= 0.3 is 0 Å². The quantitative estimate of drug-likeness (QED) is 0.684. The Hall–Kier alpha value is -1.56. The van der Waals surface area contributed by atoms with Gasteiger partial charge in [0.05, 0.1) is 0 Å². The van der Waals surface area contributed by atoms with Crippen LogP contribution in [0, 0.1) is 13.8 Å². The van der Waals surface area contributed by atoms with Crippen molar-refractivity contribution in [2.24, 2.45) is 0 Å². The van der Waals surface area contributed by atoms with E-state index in [2.05, 4.69) is 76.2 Å². The van der Waals surface area contributed by atoms with Crippen LogP contribution in [-0.4, -0.2) is 0 Å². The van der Waals surface area contributed by atoms with E-state index in [1.165, 1.54) is 22.3 Å². The van der Waals surface area contributed by atoms with Crippen LogP contribution in [0.1, 0.15) is 36.1 Å². The normalized spacial score (nSPS) is 9.56. The highest BCUT2D eigenvalue weighted by Gasteiger charge is 1.85. The second-order valence-electron chi connectivity index (χ2n) is 4.68. The summed E-state index contributed by atoms with van der Waals surface area (Å²) in [5.41, 5.74) is 5.51. The SMILES string of the molecule is CCc1ccc(C)cc1.CCc1ccc(C)cc1. The van der Waals surface area contributed by atoms with Crippen LogP contribution in [0.4, 0.5) is 0 Å². The molecule has 0 aliphatic heterocycles. The predicted molar refractivity (Wildman–Crippen MR) is 81.1 cm³/mol. The fraction of sp³-hybridized carbons (Fsp3) is 0.333. The van der Waals surface area contributed by atoms with Crippen LogP contribution in [0.15, 0.2) is 48.5 Å². The minimum Gasteiger partial charge on any atom is -0.0613 e. The lowest BCUT2D eigenvalue weighted by molar-refractivity contribution is 1.14. The summed E-state index contributed by atoms with van der Waals surface area (Å²) in [5, 5.41) is 0. The van der Waals surface area contributed by atoms with Crippen molar-refractivity contribution in [3.05, 3.63) is 70.8 Å². The van der Waals surface area contributed by atoms with E-state index in [-0.39, 0.29) is 0 Å². The third-order valence-electron chi connectivity index (χ3n) is 3.06. The largest absolute Gasteiger partial charge is 0.0613 e. The van der Waals surface area contributed by atoms with Crippen molar-refractivity contribution in [1.82, 2.24) is 0 Å². The minimum absolute atomic E-state index is 1.14. The molecule has 2 aromatic carbocycles. The van der Waals surface area contributed by atoms with E-state index in [1.807, 2.05) is 0 Å². The van der Waals surface area contributed by atoms with Gasteiger partial charge in [0.15, 0.2) is 0 Å². The Bertz CT molecular complexity index is 389. The average molecular weight is 240 g/mol. The highest BCUT2D eigenvalue weighted by molar-refractivity contribution is 5.21. The minimum atomic E-state index is 1.14. The molecule has 0 aliphatic rings. The number of hydrogen-bond acceptors (Lipinski definition) is 0. The molecule has 0 radical (unpaired) electrons. The third kappa shape index (κ3) is 5.18. The zero-order chi connectivity index (χ0) is 13.4. The van der Waals surface area contributed by atoms with Gasteiger partial charge in [0, 0.05) is 0 Å². The molecule has 2 rings (SSSR count). The smallest absolute Gasteiger partial charge is 0.0307 e. The lowest BCUT2D eigenvalue weighted by atomic mass is 10.1. The van der Waals surface area contributed by atoms with Gasteiger partial charge in [-0.3, -0.25) is 0 Å². The van der Waals surface area contributed by atoms with Crippen LogP contribution in [0.5, 0.6) is 0 Å². The van der Waals surface area contributed by atoms with Crippen molar-refractivity contribution in [3.63, 3.8) is 0 Å². The Kier molecular flexibility index (Phi) is 6.21. The van der Waals surface area contributed by atoms with Gasteiger partial charge in [-0.1, -0.05) is 73.5 Å². The first-order valence-electron chi connectivity index (χ1n) is 6.76. The molecule has 0 amide bonds. The maximum Gasteiger partial charge on any atom is -0.0307 e. The molecule has 2 aromatic rings. The molecule has 0 aromatic heterocycles. The second kappa shape index (κ2) is 7.71. The molecule has 0 saturated heterocycles. The lowest BCUT2D eigenvalue weighted by Gasteiger charge is -1.94. The summed E-state index contributed by atoms with van der Waals surface area (Å²) >= 11 is 0. The van der Waals surface area contributed by atoms with E-state index in [9.17, 15) is 0 Å². The van der Waals surface area contributed by atoms with Crippen LogP contribution in [0.3, 0.4) is 0 Å². The lowest BCUT2D eigenvalue weighted by Crippen LogP contribution is -1.77. The van der Waals surface area contributed by atoms with E-state index in [1.54, 1.807) is 0 Å². The zero-order valence-electron chi connectivity index (χ0n) is 12.0. The molecule has 0 aliphatic carbocycles. The molecule has 96 valence electrons. The number of aryl methyl sites for hydroxylation is 4. The molecule has 18 heavy (non-hydrogen) atoms. The van der Waals surface area contributed by atoms with Crippen LogP contribution in [-0.2, 0) is 12.8 Å². The molecule has 0 unspecified atom stereocenters. The molecule has 0 nitrogen and oxygen atoms in total. The van der Waals surface area contributed by atoms with Gasteiger partial charge in [-0.15, -0.1) is 0 Å². The summed E-state index contributed by atoms with van der Waals surface area (Å²) in [6.45, 7) is 8.56. The fourth-order valence-corrected chi connectivity index (χ4v) is 1.65. The van der Waals surface area contributed by atoms with Crippen molar-refractivity contribution in [3.8, 4) is 0 Å². The van der Waals surface area contributed by atoms with Gasteiger partial charge < -0.3 is 0 Å². The second-order valence-corrected chi connectivity index (χ2v) is 4.68. The first-order chi connectivity index (χ1) is 8.65. The highest BCUT2D eigenvalue weighted by Crippen LogP contribution is 2.03. The number of rotatable bonds is 2. The Morgan fingerprint density at radius 2 is 0.833 bits per heavy atom. The van der Waals surface area contributed by atoms with Crippen LogP contribution in [0.2, 0.25) is 0 Å². The number of benzene rings is 2. The summed E-state index contributed by atoms with van der Waals surface area (Å²) in [6.07, 6.45) is 2.28. The highest BCUT2D eigenvalue weighted by atomic mass is 13.9. The van der Waals surface area contributed by atoms with Gasteiger partial charge in [-0.2, -0.15) is 0 Å². The van der Waals surface area contributed by atoms with Crippen LogP contribution >= 0.6 is 0 Å².